The second-order valence-electron chi connectivity index (χ2n) is 5.28. The first kappa shape index (κ1) is 19.2. The Labute approximate surface area is 140 Å². The molecule has 0 unspecified atom stereocenters. The van der Waals surface area contributed by atoms with Crippen molar-refractivity contribution in [2.24, 2.45) is 10.9 Å². The lowest BCUT2D eigenvalue weighted by atomic mass is 10.1. The van der Waals surface area contributed by atoms with E-state index in [1.165, 1.54) is 11.1 Å². The zero-order valence-electron chi connectivity index (χ0n) is 13.1. The molecule has 0 aromatic heterocycles. The maximum Gasteiger partial charge on any atom is 0.191 e. The zero-order valence-corrected chi connectivity index (χ0v) is 15.4. The summed E-state index contributed by atoms with van der Waals surface area (Å²) in [5.41, 5.74) is 2.67. The van der Waals surface area contributed by atoms with Gasteiger partial charge in [-0.2, -0.15) is 0 Å². The molecule has 0 aliphatic carbocycles. The van der Waals surface area contributed by atoms with Gasteiger partial charge in [-0.3, -0.25) is 4.99 Å². The number of halogens is 1. The maximum absolute atomic E-state index is 4.55. The van der Waals surface area contributed by atoms with Crippen LogP contribution in [0.5, 0.6) is 0 Å². The Morgan fingerprint density at radius 1 is 1.15 bits per heavy atom. The van der Waals surface area contributed by atoms with Gasteiger partial charge in [0.1, 0.15) is 0 Å². The topological polar surface area (TPSA) is 36.4 Å². The van der Waals surface area contributed by atoms with Crippen LogP contribution in [0.1, 0.15) is 31.9 Å². The average molecular weight is 389 g/mol. The van der Waals surface area contributed by atoms with Crippen molar-refractivity contribution in [2.45, 2.75) is 34.1 Å². The van der Waals surface area contributed by atoms with E-state index in [0.717, 1.165) is 32.0 Å². The molecule has 0 spiro atoms. The Balaban J connectivity index is 0.00000361. The molecule has 1 aromatic carbocycles. The average Bonchev–Trinajstić information content (AvgIpc) is 2.38. The molecule has 0 amide bonds. The lowest BCUT2D eigenvalue weighted by molar-refractivity contribution is 0.656. The van der Waals surface area contributed by atoms with Crippen LogP contribution in [0.15, 0.2) is 29.3 Å². The van der Waals surface area contributed by atoms with Gasteiger partial charge in [-0.1, -0.05) is 43.7 Å². The minimum Gasteiger partial charge on any atom is -0.357 e. The summed E-state index contributed by atoms with van der Waals surface area (Å²) in [6, 6.07) is 8.70. The fourth-order valence-electron chi connectivity index (χ4n) is 1.70. The highest BCUT2D eigenvalue weighted by molar-refractivity contribution is 14.0. The van der Waals surface area contributed by atoms with Crippen molar-refractivity contribution in [2.75, 3.05) is 19.6 Å². The third kappa shape index (κ3) is 8.40. The van der Waals surface area contributed by atoms with Crippen LogP contribution in [-0.2, 0) is 6.42 Å². The van der Waals surface area contributed by atoms with Crippen molar-refractivity contribution in [3.8, 4) is 0 Å². The molecule has 114 valence electrons. The first-order valence-electron chi connectivity index (χ1n) is 7.19. The number of guanidine groups is 1. The molecule has 20 heavy (non-hydrogen) atoms. The summed E-state index contributed by atoms with van der Waals surface area (Å²) in [4.78, 5) is 4.55. The zero-order chi connectivity index (χ0) is 14.1. The van der Waals surface area contributed by atoms with E-state index in [1.807, 2.05) is 0 Å². The van der Waals surface area contributed by atoms with Crippen LogP contribution in [0.3, 0.4) is 0 Å². The number of nitrogens with one attached hydrogen (secondary N) is 2. The van der Waals surface area contributed by atoms with E-state index in [0.29, 0.717) is 5.92 Å². The molecule has 0 atom stereocenters. The molecule has 0 aliphatic heterocycles. The van der Waals surface area contributed by atoms with Gasteiger partial charge in [-0.15, -0.1) is 24.0 Å². The van der Waals surface area contributed by atoms with E-state index < -0.39 is 0 Å². The van der Waals surface area contributed by atoms with Gasteiger partial charge >= 0.3 is 0 Å². The SMILES string of the molecule is CCNC(=NCC(C)C)NCCc1ccc(C)cc1.I. The van der Waals surface area contributed by atoms with Crippen LogP contribution in [0.2, 0.25) is 0 Å². The number of rotatable bonds is 6. The number of hydrogen-bond acceptors (Lipinski definition) is 1. The summed E-state index contributed by atoms with van der Waals surface area (Å²) in [5, 5.41) is 6.65. The smallest absolute Gasteiger partial charge is 0.191 e. The van der Waals surface area contributed by atoms with Gasteiger partial charge in [0, 0.05) is 19.6 Å². The highest BCUT2D eigenvalue weighted by Gasteiger charge is 1.98. The summed E-state index contributed by atoms with van der Waals surface area (Å²) in [6.45, 7) is 11.2. The largest absolute Gasteiger partial charge is 0.357 e. The summed E-state index contributed by atoms with van der Waals surface area (Å²) in [7, 11) is 0. The van der Waals surface area contributed by atoms with Gasteiger partial charge in [0.15, 0.2) is 5.96 Å². The Morgan fingerprint density at radius 2 is 1.80 bits per heavy atom. The van der Waals surface area contributed by atoms with Crippen molar-refractivity contribution in [1.29, 1.82) is 0 Å². The van der Waals surface area contributed by atoms with Crippen molar-refractivity contribution in [1.82, 2.24) is 10.6 Å². The Bertz CT molecular complexity index is 385. The van der Waals surface area contributed by atoms with E-state index in [1.54, 1.807) is 0 Å². The van der Waals surface area contributed by atoms with E-state index in [2.05, 4.69) is 67.6 Å². The molecule has 1 aromatic rings. The molecule has 0 saturated carbocycles. The third-order valence-electron chi connectivity index (χ3n) is 2.79. The van der Waals surface area contributed by atoms with Crippen molar-refractivity contribution in [3.05, 3.63) is 35.4 Å². The molecule has 0 bridgehead atoms. The lowest BCUT2D eigenvalue weighted by Gasteiger charge is -2.12. The summed E-state index contributed by atoms with van der Waals surface area (Å²) in [5.74, 6) is 1.51. The first-order valence-corrected chi connectivity index (χ1v) is 7.19. The number of aryl methyl sites for hydroxylation is 1. The van der Waals surface area contributed by atoms with Gasteiger partial charge in [0.25, 0.3) is 0 Å². The van der Waals surface area contributed by atoms with Crippen molar-refractivity contribution in [3.63, 3.8) is 0 Å². The molecule has 0 saturated heterocycles. The van der Waals surface area contributed by atoms with Gasteiger partial charge in [-0.05, 0) is 31.7 Å². The maximum atomic E-state index is 4.55. The number of hydrogen-bond donors (Lipinski definition) is 2. The second-order valence-corrected chi connectivity index (χ2v) is 5.28. The van der Waals surface area contributed by atoms with Crippen LogP contribution >= 0.6 is 24.0 Å². The molecule has 3 nitrogen and oxygen atoms in total. The summed E-state index contributed by atoms with van der Waals surface area (Å²) >= 11 is 0. The van der Waals surface area contributed by atoms with E-state index in [-0.39, 0.29) is 24.0 Å². The molecule has 0 heterocycles. The molecule has 4 heteroatoms. The normalized spacial score (nSPS) is 11.2. The van der Waals surface area contributed by atoms with Gasteiger partial charge in [0.05, 0.1) is 0 Å². The van der Waals surface area contributed by atoms with E-state index in [4.69, 9.17) is 0 Å². The quantitative estimate of drug-likeness (QED) is 0.445. The van der Waals surface area contributed by atoms with Crippen LogP contribution in [0.4, 0.5) is 0 Å². The fraction of sp³-hybridized carbons (Fsp3) is 0.562. The van der Waals surface area contributed by atoms with Crippen LogP contribution < -0.4 is 10.6 Å². The summed E-state index contributed by atoms with van der Waals surface area (Å²) in [6.07, 6.45) is 1.02. The Hall–Kier alpha value is -0.780. The highest BCUT2D eigenvalue weighted by Crippen LogP contribution is 2.03. The second kappa shape index (κ2) is 10.9. The molecule has 1 rings (SSSR count). The Kier molecular flexibility index (Phi) is 10.5. The van der Waals surface area contributed by atoms with Crippen LogP contribution in [0, 0.1) is 12.8 Å². The number of aliphatic imine (C=N–C) groups is 1. The van der Waals surface area contributed by atoms with Crippen LogP contribution in [0.25, 0.3) is 0 Å². The molecule has 0 fully saturated rings. The third-order valence-corrected chi connectivity index (χ3v) is 2.79. The number of benzene rings is 1. The highest BCUT2D eigenvalue weighted by atomic mass is 127. The van der Waals surface area contributed by atoms with Gasteiger partial charge < -0.3 is 10.6 Å². The van der Waals surface area contributed by atoms with Crippen molar-refractivity contribution >= 4 is 29.9 Å². The van der Waals surface area contributed by atoms with Gasteiger partial charge in [0.2, 0.25) is 0 Å². The number of nitrogens with zero attached hydrogens (tertiary/aromatic N) is 1. The molecular formula is C16H28IN3. The minimum atomic E-state index is 0. The fourth-order valence-corrected chi connectivity index (χ4v) is 1.70. The van der Waals surface area contributed by atoms with E-state index >= 15 is 0 Å². The molecule has 0 aliphatic rings. The summed E-state index contributed by atoms with van der Waals surface area (Å²) < 4.78 is 0. The minimum absolute atomic E-state index is 0. The Morgan fingerprint density at radius 3 is 2.35 bits per heavy atom. The predicted octanol–water partition coefficient (Wildman–Crippen LogP) is 3.37. The van der Waals surface area contributed by atoms with Crippen molar-refractivity contribution < 1.29 is 0 Å². The predicted molar refractivity (Wildman–Crippen MR) is 99.1 cm³/mol. The van der Waals surface area contributed by atoms with Gasteiger partial charge in [-0.25, -0.2) is 0 Å². The van der Waals surface area contributed by atoms with E-state index in [9.17, 15) is 0 Å². The molecule has 0 radical (unpaired) electrons. The molecular weight excluding hydrogens is 361 g/mol. The van der Waals surface area contributed by atoms with Crippen LogP contribution in [-0.4, -0.2) is 25.6 Å². The first-order chi connectivity index (χ1) is 9.11. The lowest BCUT2D eigenvalue weighted by Crippen LogP contribution is -2.38. The monoisotopic (exact) mass is 389 g/mol. The molecule has 2 N–H and O–H groups in total. The standard InChI is InChI=1S/C16H27N3.HI/c1-5-17-16(19-12-13(2)3)18-11-10-15-8-6-14(4)7-9-15;/h6-9,13H,5,10-12H2,1-4H3,(H2,17,18,19);1H.